The molecular formula is C15H19BrN2O3. The Hall–Kier alpha value is -1.56. The number of benzene rings is 1. The van der Waals surface area contributed by atoms with Crippen molar-refractivity contribution >= 4 is 33.6 Å². The van der Waals surface area contributed by atoms with Crippen molar-refractivity contribution in [3.05, 3.63) is 28.2 Å². The monoisotopic (exact) mass is 354 g/mol. The number of carbonyl (C=O) groups excluding carboxylic acids is 1. The van der Waals surface area contributed by atoms with E-state index in [2.05, 4.69) is 21.2 Å². The van der Waals surface area contributed by atoms with Crippen molar-refractivity contribution in [2.75, 3.05) is 11.9 Å². The fourth-order valence-corrected chi connectivity index (χ4v) is 2.91. The Bertz CT molecular complexity index is 562. The third-order valence-electron chi connectivity index (χ3n) is 3.84. The molecule has 0 bridgehead atoms. The lowest BCUT2D eigenvalue weighted by Crippen LogP contribution is -2.51. The highest BCUT2D eigenvalue weighted by Crippen LogP contribution is 2.28. The highest BCUT2D eigenvalue weighted by atomic mass is 79.9. The summed E-state index contributed by atoms with van der Waals surface area (Å²) >= 11 is 3.44. The molecule has 2 N–H and O–H groups in total. The van der Waals surface area contributed by atoms with Crippen LogP contribution >= 0.6 is 15.9 Å². The lowest BCUT2D eigenvalue weighted by atomic mass is 9.93. The highest BCUT2D eigenvalue weighted by Gasteiger charge is 2.34. The number of carbonyl (C=O) groups is 2. The van der Waals surface area contributed by atoms with Gasteiger partial charge in [-0.1, -0.05) is 19.1 Å². The number of aliphatic carboxylic acids is 1. The molecule has 0 aromatic heterocycles. The average Bonchev–Trinajstić information content (AvgIpc) is 2.43. The second kappa shape index (κ2) is 6.47. The SMILES string of the molecule is Cc1cccc(NC(=O)N2CCC(C)CC2C(=O)O)c1Br. The molecule has 6 heteroatoms. The van der Waals surface area contributed by atoms with Gasteiger partial charge in [-0.2, -0.15) is 0 Å². The van der Waals surface area contributed by atoms with Gasteiger partial charge in [-0.15, -0.1) is 0 Å². The molecule has 1 heterocycles. The molecule has 1 aromatic carbocycles. The van der Waals surface area contributed by atoms with Crippen LogP contribution in [-0.4, -0.2) is 34.6 Å². The van der Waals surface area contributed by atoms with Gasteiger partial charge in [0.1, 0.15) is 6.04 Å². The van der Waals surface area contributed by atoms with Crippen LogP contribution in [0, 0.1) is 12.8 Å². The first-order valence-corrected chi connectivity index (χ1v) is 7.75. The van der Waals surface area contributed by atoms with E-state index in [1.54, 1.807) is 6.07 Å². The summed E-state index contributed by atoms with van der Waals surface area (Å²) < 4.78 is 0.815. The zero-order valence-corrected chi connectivity index (χ0v) is 13.7. The maximum Gasteiger partial charge on any atom is 0.326 e. The molecule has 0 saturated carbocycles. The van der Waals surface area contributed by atoms with Gasteiger partial charge in [-0.25, -0.2) is 9.59 Å². The van der Waals surface area contributed by atoms with Crippen LogP contribution in [0.25, 0.3) is 0 Å². The van der Waals surface area contributed by atoms with Crippen molar-refractivity contribution in [2.45, 2.75) is 32.7 Å². The molecule has 1 saturated heterocycles. The minimum Gasteiger partial charge on any atom is -0.480 e. The largest absolute Gasteiger partial charge is 0.480 e. The number of piperidine rings is 1. The van der Waals surface area contributed by atoms with Crippen molar-refractivity contribution in [3.8, 4) is 0 Å². The summed E-state index contributed by atoms with van der Waals surface area (Å²) in [6.45, 7) is 4.41. The van der Waals surface area contributed by atoms with Gasteiger partial charge in [0.15, 0.2) is 0 Å². The van der Waals surface area contributed by atoms with E-state index >= 15 is 0 Å². The van der Waals surface area contributed by atoms with Crippen LogP contribution in [0.15, 0.2) is 22.7 Å². The Morgan fingerprint density at radius 3 is 2.81 bits per heavy atom. The molecular weight excluding hydrogens is 336 g/mol. The number of nitrogens with zero attached hydrogens (tertiary/aromatic N) is 1. The predicted octanol–water partition coefficient (Wildman–Crippen LogP) is 3.47. The molecule has 1 aliphatic rings. The molecule has 0 radical (unpaired) electrons. The van der Waals surface area contributed by atoms with Gasteiger partial charge < -0.3 is 15.3 Å². The van der Waals surface area contributed by atoms with Crippen LogP contribution in [-0.2, 0) is 4.79 Å². The Morgan fingerprint density at radius 2 is 2.14 bits per heavy atom. The van der Waals surface area contributed by atoms with Gasteiger partial charge in [0.05, 0.1) is 5.69 Å². The molecule has 0 spiro atoms. The van der Waals surface area contributed by atoms with Crippen LogP contribution in [0.5, 0.6) is 0 Å². The fourth-order valence-electron chi connectivity index (χ4n) is 2.55. The van der Waals surface area contributed by atoms with E-state index in [-0.39, 0.29) is 6.03 Å². The highest BCUT2D eigenvalue weighted by molar-refractivity contribution is 9.10. The average molecular weight is 355 g/mol. The van der Waals surface area contributed by atoms with E-state index in [0.717, 1.165) is 16.5 Å². The third-order valence-corrected chi connectivity index (χ3v) is 4.90. The lowest BCUT2D eigenvalue weighted by molar-refractivity contribution is -0.143. The van der Waals surface area contributed by atoms with Crippen molar-refractivity contribution in [3.63, 3.8) is 0 Å². The minimum atomic E-state index is -0.944. The third kappa shape index (κ3) is 3.56. The summed E-state index contributed by atoms with van der Waals surface area (Å²) in [5, 5.41) is 12.1. The number of carboxylic acids is 1. The zero-order valence-electron chi connectivity index (χ0n) is 12.1. The first-order valence-electron chi connectivity index (χ1n) is 6.95. The number of anilines is 1. The molecule has 2 rings (SSSR count). The quantitative estimate of drug-likeness (QED) is 0.853. The summed E-state index contributed by atoms with van der Waals surface area (Å²) in [7, 11) is 0. The Morgan fingerprint density at radius 1 is 1.43 bits per heavy atom. The van der Waals surface area contributed by atoms with Crippen LogP contribution in [0.3, 0.4) is 0 Å². The summed E-state index contributed by atoms with van der Waals surface area (Å²) in [6.07, 6.45) is 1.32. The summed E-state index contributed by atoms with van der Waals surface area (Å²) in [5.41, 5.74) is 1.66. The normalized spacial score (nSPS) is 22.0. The van der Waals surface area contributed by atoms with Crippen LogP contribution < -0.4 is 5.32 Å². The maximum atomic E-state index is 12.4. The number of carboxylic acid groups (broad SMARTS) is 1. The van der Waals surface area contributed by atoms with E-state index < -0.39 is 12.0 Å². The number of nitrogens with one attached hydrogen (secondary N) is 1. The van der Waals surface area contributed by atoms with Crippen molar-refractivity contribution in [1.29, 1.82) is 0 Å². The van der Waals surface area contributed by atoms with Crippen molar-refractivity contribution < 1.29 is 14.7 Å². The predicted molar refractivity (Wildman–Crippen MR) is 84.4 cm³/mol. The van der Waals surface area contributed by atoms with Crippen LogP contribution in [0.4, 0.5) is 10.5 Å². The van der Waals surface area contributed by atoms with Crippen molar-refractivity contribution in [1.82, 2.24) is 4.90 Å². The van der Waals surface area contributed by atoms with Gasteiger partial charge in [-0.05, 0) is 53.2 Å². The van der Waals surface area contributed by atoms with E-state index in [4.69, 9.17) is 0 Å². The van der Waals surface area contributed by atoms with E-state index in [9.17, 15) is 14.7 Å². The Kier molecular flexibility index (Phi) is 4.88. The molecule has 2 unspecified atom stereocenters. The summed E-state index contributed by atoms with van der Waals surface area (Å²) in [6, 6.07) is 4.46. The van der Waals surface area contributed by atoms with Gasteiger partial charge in [0, 0.05) is 11.0 Å². The van der Waals surface area contributed by atoms with Crippen LogP contribution in [0.1, 0.15) is 25.3 Å². The molecule has 5 nitrogen and oxygen atoms in total. The van der Waals surface area contributed by atoms with E-state index in [1.165, 1.54) is 4.90 Å². The van der Waals surface area contributed by atoms with Gasteiger partial charge in [0.25, 0.3) is 0 Å². The van der Waals surface area contributed by atoms with Gasteiger partial charge in [0.2, 0.25) is 0 Å². The second-order valence-electron chi connectivity index (χ2n) is 5.54. The molecule has 0 aliphatic carbocycles. The molecule has 21 heavy (non-hydrogen) atoms. The summed E-state index contributed by atoms with van der Waals surface area (Å²) in [5.74, 6) is -0.624. The smallest absolute Gasteiger partial charge is 0.326 e. The number of likely N-dealkylation sites (tertiary alicyclic amines) is 1. The number of aryl methyl sites for hydroxylation is 1. The number of halogens is 1. The molecule has 2 atom stereocenters. The maximum absolute atomic E-state index is 12.4. The Labute approximate surface area is 132 Å². The molecule has 1 fully saturated rings. The zero-order chi connectivity index (χ0) is 15.6. The number of rotatable bonds is 2. The van der Waals surface area contributed by atoms with E-state index in [1.807, 2.05) is 26.0 Å². The first-order chi connectivity index (χ1) is 9.90. The van der Waals surface area contributed by atoms with Gasteiger partial charge in [-0.3, -0.25) is 0 Å². The molecule has 1 aromatic rings. The van der Waals surface area contributed by atoms with Crippen molar-refractivity contribution in [2.24, 2.45) is 5.92 Å². The fraction of sp³-hybridized carbons (Fsp3) is 0.467. The second-order valence-corrected chi connectivity index (χ2v) is 6.34. The Balaban J connectivity index is 2.15. The molecule has 1 aliphatic heterocycles. The van der Waals surface area contributed by atoms with Gasteiger partial charge >= 0.3 is 12.0 Å². The lowest BCUT2D eigenvalue weighted by Gasteiger charge is -2.36. The number of hydrogen-bond acceptors (Lipinski definition) is 2. The minimum absolute atomic E-state index is 0.320. The number of hydrogen-bond donors (Lipinski definition) is 2. The van der Waals surface area contributed by atoms with E-state index in [0.29, 0.717) is 24.6 Å². The topological polar surface area (TPSA) is 69.6 Å². The number of amides is 2. The number of urea groups is 1. The standard InChI is InChI=1S/C15H19BrN2O3/c1-9-6-7-18(12(8-9)14(19)20)15(21)17-11-5-3-4-10(2)13(11)16/h3-5,9,12H,6-8H2,1-2H3,(H,17,21)(H,19,20). The van der Waals surface area contributed by atoms with Crippen LogP contribution in [0.2, 0.25) is 0 Å². The molecule has 2 amide bonds. The first kappa shape index (κ1) is 15.8. The summed E-state index contributed by atoms with van der Waals surface area (Å²) in [4.78, 5) is 25.2. The molecule has 114 valence electrons.